The highest BCUT2D eigenvalue weighted by atomic mass is 16.3. The second-order valence-electron chi connectivity index (χ2n) is 4.97. The number of hydrogen-bond acceptors (Lipinski definition) is 3. The third kappa shape index (κ3) is 4.22. The minimum absolute atomic E-state index is 0.342. The van der Waals surface area contributed by atoms with E-state index in [4.69, 9.17) is 5.73 Å². The van der Waals surface area contributed by atoms with Crippen LogP contribution in [0.3, 0.4) is 0 Å². The molecule has 1 aromatic rings. The number of phenols is 1. The lowest BCUT2D eigenvalue weighted by Gasteiger charge is -2.28. The Morgan fingerprint density at radius 1 is 1.33 bits per heavy atom. The molecule has 0 saturated heterocycles. The number of nitrogens with zero attached hydrogens (tertiary/aromatic N) is 1. The normalized spacial score (nSPS) is 12.9. The molecular weight excluding hydrogens is 224 g/mol. The van der Waals surface area contributed by atoms with Crippen LogP contribution >= 0.6 is 0 Å². The van der Waals surface area contributed by atoms with E-state index in [2.05, 4.69) is 25.7 Å². The van der Waals surface area contributed by atoms with E-state index in [0.717, 1.165) is 25.1 Å². The number of nitrogen functional groups attached to an aromatic ring is 1. The highest BCUT2D eigenvalue weighted by Crippen LogP contribution is 2.23. The van der Waals surface area contributed by atoms with Gasteiger partial charge in [-0.05, 0) is 44.5 Å². The van der Waals surface area contributed by atoms with Crippen molar-refractivity contribution in [3.05, 3.63) is 23.8 Å². The lowest BCUT2D eigenvalue weighted by Crippen LogP contribution is -2.33. The van der Waals surface area contributed by atoms with Gasteiger partial charge in [-0.1, -0.05) is 20.3 Å². The number of anilines is 1. The summed E-state index contributed by atoms with van der Waals surface area (Å²) in [5.41, 5.74) is 7.42. The van der Waals surface area contributed by atoms with E-state index >= 15 is 0 Å². The van der Waals surface area contributed by atoms with E-state index in [1.807, 2.05) is 6.07 Å². The molecule has 1 aromatic carbocycles. The van der Waals surface area contributed by atoms with Crippen molar-refractivity contribution in [2.75, 3.05) is 12.3 Å². The zero-order valence-electron chi connectivity index (χ0n) is 11.8. The quantitative estimate of drug-likeness (QED) is 0.576. The van der Waals surface area contributed by atoms with Crippen molar-refractivity contribution in [3.63, 3.8) is 0 Å². The van der Waals surface area contributed by atoms with Crippen LogP contribution in [0.15, 0.2) is 18.2 Å². The summed E-state index contributed by atoms with van der Waals surface area (Å²) in [6.45, 7) is 8.47. The van der Waals surface area contributed by atoms with Crippen LogP contribution in [-0.2, 0) is 6.54 Å². The molecule has 1 atom stereocenters. The van der Waals surface area contributed by atoms with E-state index in [9.17, 15) is 5.11 Å². The first kappa shape index (κ1) is 14.8. The van der Waals surface area contributed by atoms with Gasteiger partial charge in [0.1, 0.15) is 5.75 Å². The predicted octanol–water partition coefficient (Wildman–Crippen LogP) is 3.38. The first-order valence-electron chi connectivity index (χ1n) is 6.89. The summed E-state index contributed by atoms with van der Waals surface area (Å²) in [7, 11) is 0. The van der Waals surface area contributed by atoms with Gasteiger partial charge in [-0.3, -0.25) is 4.90 Å². The molecule has 3 heteroatoms. The van der Waals surface area contributed by atoms with Crippen LogP contribution in [0.1, 0.15) is 45.6 Å². The fourth-order valence-electron chi connectivity index (χ4n) is 2.03. The molecule has 0 saturated carbocycles. The van der Waals surface area contributed by atoms with Gasteiger partial charge in [0.25, 0.3) is 0 Å². The molecule has 0 aromatic heterocycles. The first-order chi connectivity index (χ1) is 8.58. The third-order valence-corrected chi connectivity index (χ3v) is 3.49. The Bertz CT molecular complexity index is 366. The Kier molecular flexibility index (Phi) is 5.99. The monoisotopic (exact) mass is 250 g/mol. The van der Waals surface area contributed by atoms with Gasteiger partial charge in [-0.2, -0.15) is 0 Å². The van der Waals surface area contributed by atoms with Gasteiger partial charge in [0, 0.05) is 23.8 Å². The summed E-state index contributed by atoms with van der Waals surface area (Å²) < 4.78 is 0. The number of nitrogens with two attached hydrogens (primary N) is 1. The van der Waals surface area contributed by atoms with E-state index in [-0.39, 0.29) is 0 Å². The Balaban J connectivity index is 2.77. The molecule has 0 radical (unpaired) electrons. The maximum atomic E-state index is 9.88. The largest absolute Gasteiger partial charge is 0.508 e. The molecule has 0 fully saturated rings. The minimum atomic E-state index is 0.342. The van der Waals surface area contributed by atoms with E-state index in [1.165, 1.54) is 12.8 Å². The van der Waals surface area contributed by atoms with Crippen molar-refractivity contribution in [1.82, 2.24) is 4.90 Å². The summed E-state index contributed by atoms with van der Waals surface area (Å²) >= 11 is 0. The number of unbranched alkanes of at least 4 members (excludes halogenated alkanes) is 1. The Hall–Kier alpha value is -1.22. The highest BCUT2D eigenvalue weighted by Gasteiger charge is 2.14. The maximum absolute atomic E-state index is 9.88. The maximum Gasteiger partial charge on any atom is 0.120 e. The SMILES string of the molecule is CCCCN(Cc1cc(N)ccc1O)C(C)CC. The predicted molar refractivity (Wildman–Crippen MR) is 77.6 cm³/mol. The molecule has 0 aliphatic rings. The van der Waals surface area contributed by atoms with E-state index in [1.54, 1.807) is 12.1 Å². The topological polar surface area (TPSA) is 49.5 Å². The molecule has 0 heterocycles. The standard InChI is InChI=1S/C15H26N2O/c1-4-6-9-17(12(3)5-2)11-13-10-14(16)7-8-15(13)18/h7-8,10,12,18H,4-6,9,11,16H2,1-3H3. The zero-order valence-corrected chi connectivity index (χ0v) is 11.8. The highest BCUT2D eigenvalue weighted by molar-refractivity contribution is 5.47. The van der Waals surface area contributed by atoms with Crippen LogP contribution in [0.2, 0.25) is 0 Å². The van der Waals surface area contributed by atoms with Crippen LogP contribution in [0.4, 0.5) is 5.69 Å². The first-order valence-corrected chi connectivity index (χ1v) is 6.89. The van der Waals surface area contributed by atoms with E-state index in [0.29, 0.717) is 17.5 Å². The van der Waals surface area contributed by atoms with Crippen molar-refractivity contribution in [2.24, 2.45) is 0 Å². The van der Waals surface area contributed by atoms with Crippen molar-refractivity contribution >= 4 is 5.69 Å². The Morgan fingerprint density at radius 3 is 2.67 bits per heavy atom. The summed E-state index contributed by atoms with van der Waals surface area (Å²) in [5.74, 6) is 0.342. The van der Waals surface area contributed by atoms with Gasteiger partial charge in [-0.25, -0.2) is 0 Å². The van der Waals surface area contributed by atoms with Crippen LogP contribution in [-0.4, -0.2) is 22.6 Å². The summed E-state index contributed by atoms with van der Waals surface area (Å²) in [4.78, 5) is 2.41. The van der Waals surface area contributed by atoms with Gasteiger partial charge in [0.2, 0.25) is 0 Å². The Labute approximate surface area is 111 Å². The number of hydrogen-bond donors (Lipinski definition) is 2. The van der Waals surface area contributed by atoms with Crippen molar-refractivity contribution in [3.8, 4) is 5.75 Å². The van der Waals surface area contributed by atoms with E-state index < -0.39 is 0 Å². The summed E-state index contributed by atoms with van der Waals surface area (Å²) in [6, 6.07) is 5.81. The lowest BCUT2D eigenvalue weighted by molar-refractivity contribution is 0.190. The van der Waals surface area contributed by atoms with Gasteiger partial charge < -0.3 is 10.8 Å². The zero-order chi connectivity index (χ0) is 13.5. The molecule has 18 heavy (non-hydrogen) atoms. The molecule has 0 amide bonds. The van der Waals surface area contributed by atoms with Crippen molar-refractivity contribution in [1.29, 1.82) is 0 Å². The van der Waals surface area contributed by atoms with Gasteiger partial charge in [-0.15, -0.1) is 0 Å². The summed E-state index contributed by atoms with van der Waals surface area (Å²) in [6.07, 6.45) is 3.50. The van der Waals surface area contributed by atoms with Gasteiger partial charge >= 0.3 is 0 Å². The molecule has 1 rings (SSSR count). The fraction of sp³-hybridized carbons (Fsp3) is 0.600. The molecule has 0 bridgehead atoms. The molecule has 0 aliphatic carbocycles. The number of aromatic hydroxyl groups is 1. The average Bonchev–Trinajstić information content (AvgIpc) is 2.37. The average molecular weight is 250 g/mol. The van der Waals surface area contributed by atoms with Gasteiger partial charge in [0.15, 0.2) is 0 Å². The second kappa shape index (κ2) is 7.27. The van der Waals surface area contributed by atoms with Crippen LogP contribution in [0.25, 0.3) is 0 Å². The second-order valence-corrected chi connectivity index (χ2v) is 4.97. The Morgan fingerprint density at radius 2 is 2.06 bits per heavy atom. The molecule has 3 nitrogen and oxygen atoms in total. The number of benzene rings is 1. The number of phenolic OH excluding ortho intramolecular Hbond substituents is 1. The molecule has 0 spiro atoms. The lowest BCUT2D eigenvalue weighted by atomic mass is 10.1. The molecule has 0 aliphatic heterocycles. The van der Waals surface area contributed by atoms with Crippen LogP contribution < -0.4 is 5.73 Å². The van der Waals surface area contributed by atoms with Crippen LogP contribution in [0, 0.1) is 0 Å². The summed E-state index contributed by atoms with van der Waals surface area (Å²) in [5, 5.41) is 9.88. The van der Waals surface area contributed by atoms with Gasteiger partial charge in [0.05, 0.1) is 0 Å². The fourth-order valence-corrected chi connectivity index (χ4v) is 2.03. The number of rotatable bonds is 7. The third-order valence-electron chi connectivity index (χ3n) is 3.49. The van der Waals surface area contributed by atoms with Crippen molar-refractivity contribution < 1.29 is 5.11 Å². The van der Waals surface area contributed by atoms with Crippen molar-refractivity contribution in [2.45, 2.75) is 52.6 Å². The molecular formula is C15H26N2O. The van der Waals surface area contributed by atoms with Crippen LogP contribution in [0.5, 0.6) is 5.75 Å². The smallest absolute Gasteiger partial charge is 0.120 e. The molecule has 1 unspecified atom stereocenters. The molecule has 3 N–H and O–H groups in total. The molecule has 102 valence electrons. The minimum Gasteiger partial charge on any atom is -0.508 e.